The van der Waals surface area contributed by atoms with Gasteiger partial charge in [0.25, 0.3) is 0 Å². The Kier molecular flexibility index (Phi) is 6.10. The van der Waals surface area contributed by atoms with Crippen LogP contribution in [0, 0.1) is 0 Å². The summed E-state index contributed by atoms with van der Waals surface area (Å²) in [7, 11) is -1.09. The lowest BCUT2D eigenvalue weighted by molar-refractivity contribution is 0.562. The molecule has 0 bridgehead atoms. The van der Waals surface area contributed by atoms with Crippen molar-refractivity contribution in [1.29, 1.82) is 0 Å². The van der Waals surface area contributed by atoms with Crippen LogP contribution in [0.2, 0.25) is 0 Å². The standard InChI is InChI=1S/C15H25NO2S2/c1-12(16-5)13-6-8-14(9-7-13)19-10-11-20(17,18)15(2,3)4/h6-9,12,16H,10-11H2,1-5H3. The van der Waals surface area contributed by atoms with Crippen molar-refractivity contribution >= 4 is 21.6 Å². The Balaban J connectivity index is 2.55. The topological polar surface area (TPSA) is 46.2 Å². The van der Waals surface area contributed by atoms with Crippen molar-refractivity contribution in [3.63, 3.8) is 0 Å². The number of rotatable bonds is 6. The zero-order valence-electron chi connectivity index (χ0n) is 12.9. The van der Waals surface area contributed by atoms with E-state index in [1.165, 1.54) is 5.56 Å². The number of nitrogens with one attached hydrogen (secondary N) is 1. The van der Waals surface area contributed by atoms with Crippen LogP contribution in [-0.2, 0) is 9.84 Å². The van der Waals surface area contributed by atoms with Crippen LogP contribution >= 0.6 is 11.8 Å². The molecule has 0 spiro atoms. The molecule has 0 saturated carbocycles. The number of hydrogen-bond acceptors (Lipinski definition) is 4. The van der Waals surface area contributed by atoms with Gasteiger partial charge in [0.1, 0.15) is 0 Å². The molecule has 0 heterocycles. The lowest BCUT2D eigenvalue weighted by atomic mass is 10.1. The highest BCUT2D eigenvalue weighted by Crippen LogP contribution is 2.23. The first-order valence-corrected chi connectivity index (χ1v) is 9.43. The number of sulfone groups is 1. The zero-order valence-corrected chi connectivity index (χ0v) is 14.6. The quantitative estimate of drug-likeness (QED) is 0.818. The summed E-state index contributed by atoms with van der Waals surface area (Å²) in [6.45, 7) is 7.36. The monoisotopic (exact) mass is 315 g/mol. The maximum absolute atomic E-state index is 12.0. The van der Waals surface area contributed by atoms with E-state index in [9.17, 15) is 8.42 Å². The Morgan fingerprint density at radius 2 is 1.75 bits per heavy atom. The normalized spacial score (nSPS) is 14.2. The molecule has 0 fully saturated rings. The van der Waals surface area contributed by atoms with Crippen molar-refractivity contribution in [3.05, 3.63) is 29.8 Å². The summed E-state index contributed by atoms with van der Waals surface area (Å²) in [5.74, 6) is 0.816. The summed E-state index contributed by atoms with van der Waals surface area (Å²) in [5, 5.41) is 3.19. The Morgan fingerprint density at radius 1 is 1.20 bits per heavy atom. The molecule has 1 unspecified atom stereocenters. The molecule has 0 aromatic heterocycles. The molecule has 0 aliphatic carbocycles. The number of hydrogen-bond donors (Lipinski definition) is 1. The van der Waals surface area contributed by atoms with Crippen LogP contribution in [0.15, 0.2) is 29.2 Å². The van der Waals surface area contributed by atoms with E-state index in [1.54, 1.807) is 32.5 Å². The fourth-order valence-corrected chi connectivity index (χ4v) is 3.98. The molecule has 114 valence electrons. The van der Waals surface area contributed by atoms with Gasteiger partial charge in [0.2, 0.25) is 0 Å². The predicted molar refractivity (Wildman–Crippen MR) is 88.2 cm³/mol. The molecule has 1 N–H and O–H groups in total. The second-order valence-electron chi connectivity index (χ2n) is 5.86. The lowest BCUT2D eigenvalue weighted by Crippen LogP contribution is -2.31. The molecule has 0 aliphatic rings. The van der Waals surface area contributed by atoms with E-state index in [2.05, 4.69) is 36.5 Å². The average molecular weight is 316 g/mol. The molecule has 3 nitrogen and oxygen atoms in total. The Bertz CT molecular complexity index is 516. The molecule has 0 aliphatic heterocycles. The Morgan fingerprint density at radius 3 is 2.20 bits per heavy atom. The second kappa shape index (κ2) is 6.96. The molecular weight excluding hydrogens is 290 g/mol. The van der Waals surface area contributed by atoms with Crippen molar-refractivity contribution in [2.45, 2.75) is 43.4 Å². The average Bonchev–Trinajstić information content (AvgIpc) is 2.37. The maximum atomic E-state index is 12.0. The van der Waals surface area contributed by atoms with Crippen LogP contribution in [0.25, 0.3) is 0 Å². The summed E-state index contributed by atoms with van der Waals surface area (Å²) in [6.07, 6.45) is 0. The highest BCUT2D eigenvalue weighted by atomic mass is 32.2. The van der Waals surface area contributed by atoms with E-state index in [1.807, 2.05) is 7.05 Å². The van der Waals surface area contributed by atoms with Gasteiger partial charge in [-0.25, -0.2) is 8.42 Å². The van der Waals surface area contributed by atoms with Gasteiger partial charge in [0, 0.05) is 16.7 Å². The lowest BCUT2D eigenvalue weighted by Gasteiger charge is -2.18. The smallest absolute Gasteiger partial charge is 0.156 e. The minimum absolute atomic E-state index is 0.218. The van der Waals surface area contributed by atoms with Crippen molar-refractivity contribution in [3.8, 4) is 0 Å². The first-order valence-electron chi connectivity index (χ1n) is 6.79. The number of benzene rings is 1. The van der Waals surface area contributed by atoms with Crippen LogP contribution in [-0.4, -0.2) is 31.7 Å². The largest absolute Gasteiger partial charge is 0.313 e. The highest BCUT2D eigenvalue weighted by molar-refractivity contribution is 8.01. The molecule has 0 saturated heterocycles. The van der Waals surface area contributed by atoms with Gasteiger partial charge in [-0.3, -0.25) is 0 Å². The third-order valence-corrected chi connectivity index (χ3v) is 7.25. The van der Waals surface area contributed by atoms with Gasteiger partial charge in [-0.05, 0) is 52.4 Å². The van der Waals surface area contributed by atoms with Crippen LogP contribution in [0.3, 0.4) is 0 Å². The van der Waals surface area contributed by atoms with Crippen LogP contribution in [0.1, 0.15) is 39.3 Å². The maximum Gasteiger partial charge on any atom is 0.156 e. The van der Waals surface area contributed by atoms with Gasteiger partial charge < -0.3 is 5.32 Å². The molecule has 0 radical (unpaired) electrons. The van der Waals surface area contributed by atoms with E-state index in [0.29, 0.717) is 11.8 Å². The fourth-order valence-electron chi connectivity index (χ4n) is 1.59. The van der Waals surface area contributed by atoms with E-state index in [0.717, 1.165) is 4.90 Å². The van der Waals surface area contributed by atoms with Gasteiger partial charge >= 0.3 is 0 Å². The molecule has 1 aromatic rings. The van der Waals surface area contributed by atoms with Crippen molar-refractivity contribution in [2.75, 3.05) is 18.6 Å². The third-order valence-electron chi connectivity index (χ3n) is 3.37. The van der Waals surface area contributed by atoms with Crippen LogP contribution in [0.5, 0.6) is 0 Å². The summed E-state index contributed by atoms with van der Waals surface area (Å²) in [6, 6.07) is 8.61. The Labute approximate surface area is 127 Å². The summed E-state index contributed by atoms with van der Waals surface area (Å²) in [5.41, 5.74) is 1.24. The summed E-state index contributed by atoms with van der Waals surface area (Å²) >= 11 is 1.59. The summed E-state index contributed by atoms with van der Waals surface area (Å²) < 4.78 is 23.3. The van der Waals surface area contributed by atoms with Crippen molar-refractivity contribution in [1.82, 2.24) is 5.32 Å². The van der Waals surface area contributed by atoms with E-state index >= 15 is 0 Å². The Hall–Kier alpha value is -0.520. The van der Waals surface area contributed by atoms with Crippen LogP contribution in [0.4, 0.5) is 0 Å². The third kappa shape index (κ3) is 4.79. The molecule has 20 heavy (non-hydrogen) atoms. The van der Waals surface area contributed by atoms with Crippen molar-refractivity contribution < 1.29 is 8.42 Å². The van der Waals surface area contributed by atoms with Gasteiger partial charge in [0.05, 0.1) is 10.5 Å². The molecule has 1 atom stereocenters. The molecule has 5 heteroatoms. The zero-order chi connectivity index (χ0) is 15.4. The van der Waals surface area contributed by atoms with Gasteiger partial charge in [-0.1, -0.05) is 12.1 Å². The minimum atomic E-state index is -3.02. The second-order valence-corrected chi connectivity index (χ2v) is 9.89. The van der Waals surface area contributed by atoms with E-state index in [4.69, 9.17) is 0 Å². The first kappa shape index (κ1) is 17.5. The fraction of sp³-hybridized carbons (Fsp3) is 0.600. The molecule has 1 aromatic carbocycles. The van der Waals surface area contributed by atoms with Crippen molar-refractivity contribution in [2.24, 2.45) is 0 Å². The SMILES string of the molecule is CNC(C)c1ccc(SCCS(=O)(=O)C(C)(C)C)cc1. The minimum Gasteiger partial charge on any atom is -0.313 e. The first-order chi connectivity index (χ1) is 9.17. The molecule has 0 amide bonds. The highest BCUT2D eigenvalue weighted by Gasteiger charge is 2.28. The number of thioether (sulfide) groups is 1. The van der Waals surface area contributed by atoms with Crippen LogP contribution < -0.4 is 5.32 Å². The van der Waals surface area contributed by atoms with Gasteiger partial charge in [-0.2, -0.15) is 0 Å². The van der Waals surface area contributed by atoms with Gasteiger partial charge in [-0.15, -0.1) is 11.8 Å². The van der Waals surface area contributed by atoms with E-state index in [-0.39, 0.29) is 5.75 Å². The predicted octanol–water partition coefficient (Wildman–Crippen LogP) is 3.27. The van der Waals surface area contributed by atoms with E-state index < -0.39 is 14.6 Å². The summed E-state index contributed by atoms with van der Waals surface area (Å²) in [4.78, 5) is 1.11. The molecule has 1 rings (SSSR count). The van der Waals surface area contributed by atoms with Gasteiger partial charge in [0.15, 0.2) is 9.84 Å². The molecular formula is C15H25NO2S2.